The lowest BCUT2D eigenvalue weighted by Gasteiger charge is -2.31. The molecule has 2 unspecified atom stereocenters. The van der Waals surface area contributed by atoms with Gasteiger partial charge in [0.25, 0.3) is 5.91 Å². The Morgan fingerprint density at radius 3 is 2.37 bits per heavy atom. The van der Waals surface area contributed by atoms with Crippen LogP contribution in [0, 0.1) is 11.8 Å². The molecule has 1 aliphatic heterocycles. The SMILES string of the molecule is CCOC(=O)C1CN(C(=O)OC(C)(C)C)CC1CN(C(=O)c1ccc(OC)c(OCCCOC)c1)C(C)C. The Morgan fingerprint density at radius 1 is 1.08 bits per heavy atom. The molecule has 1 aromatic carbocycles. The summed E-state index contributed by atoms with van der Waals surface area (Å²) in [5, 5.41) is 0. The summed E-state index contributed by atoms with van der Waals surface area (Å²) < 4.78 is 27.2. The van der Waals surface area contributed by atoms with E-state index in [0.717, 1.165) is 0 Å². The van der Waals surface area contributed by atoms with Crippen LogP contribution in [0.2, 0.25) is 0 Å². The van der Waals surface area contributed by atoms with Gasteiger partial charge in [0, 0.05) is 57.3 Å². The van der Waals surface area contributed by atoms with Crippen molar-refractivity contribution in [2.75, 3.05) is 53.7 Å². The van der Waals surface area contributed by atoms with E-state index in [2.05, 4.69) is 0 Å². The number of esters is 1. The van der Waals surface area contributed by atoms with E-state index in [-0.39, 0.29) is 50.1 Å². The zero-order chi connectivity index (χ0) is 28.5. The average molecular weight is 537 g/mol. The second kappa shape index (κ2) is 14.2. The van der Waals surface area contributed by atoms with Crippen molar-refractivity contribution in [2.24, 2.45) is 11.8 Å². The van der Waals surface area contributed by atoms with Crippen LogP contribution in [-0.4, -0.2) is 93.1 Å². The number of carbonyl (C=O) groups excluding carboxylic acids is 3. The van der Waals surface area contributed by atoms with E-state index in [9.17, 15) is 14.4 Å². The van der Waals surface area contributed by atoms with Crippen LogP contribution in [0.5, 0.6) is 11.5 Å². The van der Waals surface area contributed by atoms with Crippen LogP contribution in [-0.2, 0) is 19.0 Å². The molecule has 2 amide bonds. The largest absolute Gasteiger partial charge is 0.493 e. The molecular weight excluding hydrogens is 492 g/mol. The maximum Gasteiger partial charge on any atom is 0.410 e. The first-order chi connectivity index (χ1) is 17.9. The summed E-state index contributed by atoms with van der Waals surface area (Å²) >= 11 is 0. The van der Waals surface area contributed by atoms with Crippen LogP contribution < -0.4 is 9.47 Å². The van der Waals surface area contributed by atoms with Gasteiger partial charge in [-0.1, -0.05) is 0 Å². The quantitative estimate of drug-likeness (QED) is 0.292. The van der Waals surface area contributed by atoms with Crippen molar-refractivity contribution >= 4 is 18.0 Å². The van der Waals surface area contributed by atoms with Crippen LogP contribution in [0.3, 0.4) is 0 Å². The topological polar surface area (TPSA) is 104 Å². The summed E-state index contributed by atoms with van der Waals surface area (Å²) in [7, 11) is 3.18. The zero-order valence-electron chi connectivity index (χ0n) is 24.1. The second-order valence-corrected chi connectivity index (χ2v) is 10.6. The molecule has 10 nitrogen and oxygen atoms in total. The first-order valence-electron chi connectivity index (χ1n) is 13.2. The van der Waals surface area contributed by atoms with E-state index < -0.39 is 17.6 Å². The Bertz CT molecular complexity index is 943. The minimum atomic E-state index is -0.660. The molecule has 0 radical (unpaired) electrons. The summed E-state index contributed by atoms with van der Waals surface area (Å²) in [6.45, 7) is 12.9. The van der Waals surface area contributed by atoms with E-state index >= 15 is 0 Å². The molecular formula is C28H44N2O8. The molecule has 38 heavy (non-hydrogen) atoms. The van der Waals surface area contributed by atoms with Crippen molar-refractivity contribution in [1.29, 1.82) is 0 Å². The van der Waals surface area contributed by atoms with E-state index in [4.69, 9.17) is 23.7 Å². The van der Waals surface area contributed by atoms with Crippen LogP contribution in [0.15, 0.2) is 18.2 Å². The van der Waals surface area contributed by atoms with Gasteiger partial charge in [0.2, 0.25) is 0 Å². The van der Waals surface area contributed by atoms with Gasteiger partial charge in [-0.3, -0.25) is 9.59 Å². The third-order valence-corrected chi connectivity index (χ3v) is 6.16. The molecule has 1 aromatic rings. The predicted octanol–water partition coefficient (Wildman–Crippen LogP) is 4.01. The number of hydrogen-bond acceptors (Lipinski definition) is 8. The number of nitrogens with zero attached hydrogens (tertiary/aromatic N) is 2. The lowest BCUT2D eigenvalue weighted by atomic mass is 9.94. The molecule has 2 atom stereocenters. The zero-order valence-corrected chi connectivity index (χ0v) is 24.1. The minimum Gasteiger partial charge on any atom is -0.493 e. The summed E-state index contributed by atoms with van der Waals surface area (Å²) in [5.74, 6) is -0.456. The standard InChI is InChI=1S/C28H44N2O8/c1-9-36-26(32)22-18-29(27(33)38-28(4,5)6)16-21(22)17-30(19(2)3)25(31)20-11-12-23(35-8)24(15-20)37-14-10-13-34-7/h11-12,15,19,21-22H,9-10,13-14,16-18H2,1-8H3. The van der Waals surface area contributed by atoms with Gasteiger partial charge in [0.15, 0.2) is 11.5 Å². The smallest absolute Gasteiger partial charge is 0.410 e. The Balaban J connectivity index is 2.26. The van der Waals surface area contributed by atoms with Crippen LogP contribution in [0.4, 0.5) is 4.79 Å². The third-order valence-electron chi connectivity index (χ3n) is 6.16. The molecule has 1 saturated heterocycles. The number of rotatable bonds is 12. The molecule has 1 heterocycles. The molecule has 1 aliphatic rings. The molecule has 1 fully saturated rings. The minimum absolute atomic E-state index is 0.158. The molecule has 10 heteroatoms. The maximum atomic E-state index is 13.7. The first kappa shape index (κ1) is 31.2. The Kier molecular flexibility index (Phi) is 11.7. The Hall–Kier alpha value is -3.01. The fraction of sp³-hybridized carbons (Fsp3) is 0.679. The number of amides is 2. The second-order valence-electron chi connectivity index (χ2n) is 10.6. The summed E-state index contributed by atoms with van der Waals surface area (Å²) in [6.07, 6.45) is 0.211. The van der Waals surface area contributed by atoms with E-state index in [1.807, 2.05) is 13.8 Å². The number of ether oxygens (including phenoxy) is 5. The van der Waals surface area contributed by atoms with Crippen molar-refractivity contribution in [1.82, 2.24) is 9.80 Å². The van der Waals surface area contributed by atoms with Gasteiger partial charge in [0.05, 0.1) is 26.2 Å². The van der Waals surface area contributed by atoms with E-state index in [1.54, 1.807) is 65.0 Å². The van der Waals surface area contributed by atoms with Crippen molar-refractivity contribution in [3.05, 3.63) is 23.8 Å². The predicted molar refractivity (Wildman–Crippen MR) is 143 cm³/mol. The van der Waals surface area contributed by atoms with Crippen LogP contribution >= 0.6 is 0 Å². The highest BCUT2D eigenvalue weighted by molar-refractivity contribution is 5.95. The lowest BCUT2D eigenvalue weighted by molar-refractivity contribution is -0.149. The number of benzene rings is 1. The summed E-state index contributed by atoms with van der Waals surface area (Å²) in [5.41, 5.74) is -0.220. The average Bonchev–Trinajstić information content (AvgIpc) is 3.28. The van der Waals surface area contributed by atoms with Crippen molar-refractivity contribution in [3.8, 4) is 11.5 Å². The van der Waals surface area contributed by atoms with E-state index in [0.29, 0.717) is 36.7 Å². The highest BCUT2D eigenvalue weighted by Crippen LogP contribution is 2.31. The highest BCUT2D eigenvalue weighted by atomic mass is 16.6. The van der Waals surface area contributed by atoms with Crippen LogP contribution in [0.1, 0.15) is 58.3 Å². The van der Waals surface area contributed by atoms with Gasteiger partial charge in [0.1, 0.15) is 5.60 Å². The number of likely N-dealkylation sites (tertiary alicyclic amines) is 1. The summed E-state index contributed by atoms with van der Waals surface area (Å²) in [6, 6.07) is 4.92. The maximum absolute atomic E-state index is 13.7. The molecule has 0 bridgehead atoms. The van der Waals surface area contributed by atoms with Gasteiger partial charge < -0.3 is 33.5 Å². The first-order valence-corrected chi connectivity index (χ1v) is 13.2. The van der Waals surface area contributed by atoms with Crippen molar-refractivity contribution < 1.29 is 38.1 Å². The highest BCUT2D eigenvalue weighted by Gasteiger charge is 2.43. The third kappa shape index (κ3) is 8.79. The van der Waals surface area contributed by atoms with Gasteiger partial charge >= 0.3 is 12.1 Å². The summed E-state index contributed by atoms with van der Waals surface area (Å²) in [4.78, 5) is 42.5. The molecule has 0 spiro atoms. The fourth-order valence-corrected chi connectivity index (χ4v) is 4.30. The molecule has 0 aromatic heterocycles. The van der Waals surface area contributed by atoms with Crippen molar-refractivity contribution in [2.45, 2.75) is 59.6 Å². The number of carbonyl (C=O) groups is 3. The lowest BCUT2D eigenvalue weighted by Crippen LogP contribution is -2.43. The van der Waals surface area contributed by atoms with Gasteiger partial charge in [-0.05, 0) is 59.7 Å². The van der Waals surface area contributed by atoms with Gasteiger partial charge in [-0.15, -0.1) is 0 Å². The van der Waals surface area contributed by atoms with Gasteiger partial charge in [-0.2, -0.15) is 0 Å². The molecule has 0 aliphatic carbocycles. The molecule has 214 valence electrons. The Labute approximate surface area is 226 Å². The fourth-order valence-electron chi connectivity index (χ4n) is 4.30. The normalized spacial score (nSPS) is 17.3. The molecule has 2 rings (SSSR count). The Morgan fingerprint density at radius 2 is 1.79 bits per heavy atom. The number of hydrogen-bond donors (Lipinski definition) is 0. The van der Waals surface area contributed by atoms with Crippen LogP contribution in [0.25, 0.3) is 0 Å². The number of methoxy groups -OCH3 is 2. The van der Waals surface area contributed by atoms with E-state index in [1.165, 1.54) is 4.90 Å². The molecule has 0 N–H and O–H groups in total. The van der Waals surface area contributed by atoms with Gasteiger partial charge in [-0.25, -0.2) is 4.79 Å². The molecule has 0 saturated carbocycles. The monoisotopic (exact) mass is 536 g/mol. The van der Waals surface area contributed by atoms with Crippen molar-refractivity contribution in [3.63, 3.8) is 0 Å².